The van der Waals surface area contributed by atoms with Gasteiger partial charge >= 0.3 is 6.09 Å². The Morgan fingerprint density at radius 3 is 2.45 bits per heavy atom. The summed E-state index contributed by atoms with van der Waals surface area (Å²) in [4.78, 5) is 72.7. The third-order valence-electron chi connectivity index (χ3n) is 12.1. The van der Waals surface area contributed by atoms with Gasteiger partial charge in [0.2, 0.25) is 17.7 Å². The Labute approximate surface area is 346 Å². The second-order valence-corrected chi connectivity index (χ2v) is 17.5. The summed E-state index contributed by atoms with van der Waals surface area (Å²) in [6.07, 6.45) is 13.2. The molecule has 2 saturated carbocycles. The minimum absolute atomic E-state index is 0.0140. The molecule has 0 radical (unpaired) electrons. The standard InChI is InChI=1S/C44H50N6O6S2/c51-39-37-23-33(50-41(53)38(31-19-22-58-28-31)35(25-46-50)30-18-21-57-27-30)26-49(37)40(52)36(47-43(55)56-34-14-9-10-15-34)16-8-3-1-2-7-13-32-24-44(32,48-39)42(54)45-20-17-29-11-5-4-6-12-29/h4-7,11-13,18-19,21-22,25,27-28,32-34,36-37H,1-3,8-10,14-17,20,23-24,26H2,(H,45,54)(H,47,55)(H,48,51)/b13-7-/t32?,33-,36+,37-,44-/m0/s1. The molecule has 1 unspecified atom stereocenters. The number of allylic oxidation sites excluding steroid dienone is 1. The maximum absolute atomic E-state index is 14.8. The summed E-state index contributed by atoms with van der Waals surface area (Å²) in [7, 11) is 0. The van der Waals surface area contributed by atoms with Crippen LogP contribution in [0.1, 0.15) is 82.2 Å². The van der Waals surface area contributed by atoms with Crippen LogP contribution in [0.25, 0.3) is 22.3 Å². The second-order valence-electron chi connectivity index (χ2n) is 15.9. The van der Waals surface area contributed by atoms with E-state index in [9.17, 15) is 24.0 Å². The van der Waals surface area contributed by atoms with E-state index in [1.165, 1.54) is 32.3 Å². The Kier molecular flexibility index (Phi) is 12.2. The summed E-state index contributed by atoms with van der Waals surface area (Å²) in [5.41, 5.74) is 2.46. The van der Waals surface area contributed by atoms with Gasteiger partial charge in [-0.05, 0) is 108 Å². The number of hydrogen-bond donors (Lipinski definition) is 3. The number of ether oxygens (including phenoxy) is 1. The van der Waals surface area contributed by atoms with Gasteiger partial charge in [-0.2, -0.15) is 27.8 Å². The number of fused-ring (bicyclic) bond motifs is 2. The molecule has 3 fully saturated rings. The van der Waals surface area contributed by atoms with Crippen LogP contribution in [-0.4, -0.2) is 75.3 Å². The molecule has 0 bridgehead atoms. The number of nitrogens with zero attached hydrogens (tertiary/aromatic N) is 3. The van der Waals surface area contributed by atoms with E-state index in [0.717, 1.165) is 61.6 Å². The number of amides is 4. The van der Waals surface area contributed by atoms with Gasteiger partial charge in [-0.15, -0.1) is 0 Å². The number of alkyl carbamates (subject to hydrolysis) is 1. The van der Waals surface area contributed by atoms with Gasteiger partial charge in [0.05, 0.1) is 17.8 Å². The Hall–Kier alpha value is -5.08. The fourth-order valence-corrected chi connectivity index (χ4v) is 10.1. The minimum Gasteiger partial charge on any atom is -0.446 e. The highest BCUT2D eigenvalue weighted by Crippen LogP contribution is 2.46. The zero-order valence-corrected chi connectivity index (χ0v) is 34.1. The Morgan fingerprint density at radius 1 is 0.931 bits per heavy atom. The van der Waals surface area contributed by atoms with Crippen LogP contribution < -0.4 is 21.5 Å². The average Bonchev–Trinajstić information content (AvgIpc) is 3.92. The molecule has 8 rings (SSSR count). The number of benzene rings is 1. The molecule has 304 valence electrons. The smallest absolute Gasteiger partial charge is 0.408 e. The third-order valence-corrected chi connectivity index (χ3v) is 13.4. The first kappa shape index (κ1) is 39.7. The molecule has 14 heteroatoms. The lowest BCUT2D eigenvalue weighted by Crippen LogP contribution is -2.58. The fourth-order valence-electron chi connectivity index (χ4n) is 8.78. The lowest BCUT2D eigenvalue weighted by molar-refractivity contribution is -0.141. The number of rotatable bonds is 9. The first-order chi connectivity index (χ1) is 28.3. The van der Waals surface area contributed by atoms with Gasteiger partial charge in [-0.3, -0.25) is 19.2 Å². The van der Waals surface area contributed by atoms with Crippen molar-refractivity contribution in [3.8, 4) is 22.3 Å². The summed E-state index contributed by atoms with van der Waals surface area (Å²) < 4.78 is 7.13. The zero-order valence-electron chi connectivity index (χ0n) is 32.5. The van der Waals surface area contributed by atoms with Crippen LogP contribution in [-0.2, 0) is 25.5 Å². The van der Waals surface area contributed by atoms with E-state index < -0.39 is 41.6 Å². The summed E-state index contributed by atoms with van der Waals surface area (Å²) in [6.45, 7) is 0.417. The molecular weight excluding hydrogens is 773 g/mol. The Bertz CT molecular complexity index is 2170. The van der Waals surface area contributed by atoms with Crippen molar-refractivity contribution in [2.45, 2.75) is 107 Å². The molecule has 3 N–H and O–H groups in total. The molecule has 2 aliphatic heterocycles. The molecule has 5 heterocycles. The van der Waals surface area contributed by atoms with Crippen molar-refractivity contribution in [3.63, 3.8) is 0 Å². The number of thiophene rings is 2. The highest BCUT2D eigenvalue weighted by Gasteiger charge is 2.61. The molecule has 0 spiro atoms. The molecule has 1 aromatic carbocycles. The van der Waals surface area contributed by atoms with Gasteiger partial charge in [0.25, 0.3) is 5.56 Å². The molecular formula is C44H50N6O6S2. The normalized spacial score (nSPS) is 25.8. The maximum atomic E-state index is 14.8. The molecule has 58 heavy (non-hydrogen) atoms. The summed E-state index contributed by atoms with van der Waals surface area (Å²) in [5.74, 6) is -1.37. The zero-order chi connectivity index (χ0) is 40.1. The molecule has 4 amide bonds. The van der Waals surface area contributed by atoms with Crippen LogP contribution in [0.2, 0.25) is 0 Å². The average molecular weight is 823 g/mol. The van der Waals surface area contributed by atoms with Crippen LogP contribution in [0, 0.1) is 5.92 Å². The van der Waals surface area contributed by atoms with Crippen molar-refractivity contribution in [3.05, 3.63) is 98.3 Å². The number of carbonyl (C=O) groups excluding carboxylic acids is 4. The van der Waals surface area contributed by atoms with Crippen molar-refractivity contribution in [2.75, 3.05) is 13.1 Å². The number of hydrogen-bond acceptors (Lipinski definition) is 9. The minimum atomic E-state index is -1.18. The predicted octanol–water partition coefficient (Wildman–Crippen LogP) is 6.63. The van der Waals surface area contributed by atoms with Gasteiger partial charge in [-0.1, -0.05) is 55.3 Å². The van der Waals surface area contributed by atoms with Crippen molar-refractivity contribution < 1.29 is 23.9 Å². The van der Waals surface area contributed by atoms with Crippen molar-refractivity contribution in [1.82, 2.24) is 30.6 Å². The summed E-state index contributed by atoms with van der Waals surface area (Å²) in [5, 5.41) is 21.5. The molecule has 1 saturated heterocycles. The number of nitrogens with one attached hydrogen (secondary N) is 3. The summed E-state index contributed by atoms with van der Waals surface area (Å²) >= 11 is 3.02. The molecule has 2 aliphatic carbocycles. The largest absolute Gasteiger partial charge is 0.446 e. The van der Waals surface area contributed by atoms with Crippen molar-refractivity contribution in [1.29, 1.82) is 0 Å². The predicted molar refractivity (Wildman–Crippen MR) is 224 cm³/mol. The van der Waals surface area contributed by atoms with Gasteiger partial charge in [-0.25, -0.2) is 9.48 Å². The van der Waals surface area contributed by atoms with Gasteiger partial charge < -0.3 is 25.6 Å². The van der Waals surface area contributed by atoms with E-state index in [0.29, 0.717) is 43.4 Å². The summed E-state index contributed by atoms with van der Waals surface area (Å²) in [6, 6.07) is 11.1. The quantitative estimate of drug-likeness (QED) is 0.160. The molecule has 4 aromatic rings. The molecule has 3 aromatic heterocycles. The lowest BCUT2D eigenvalue weighted by Gasteiger charge is -2.30. The Morgan fingerprint density at radius 2 is 1.69 bits per heavy atom. The van der Waals surface area contributed by atoms with E-state index in [2.05, 4.69) is 27.1 Å². The van der Waals surface area contributed by atoms with Crippen LogP contribution >= 0.6 is 22.7 Å². The lowest BCUT2D eigenvalue weighted by atomic mass is 10.0. The van der Waals surface area contributed by atoms with Crippen molar-refractivity contribution in [2.24, 2.45) is 5.92 Å². The van der Waals surface area contributed by atoms with Crippen LogP contribution in [0.3, 0.4) is 0 Å². The molecule has 5 atom stereocenters. The highest BCUT2D eigenvalue weighted by molar-refractivity contribution is 7.08. The number of aromatic nitrogens is 2. The van der Waals surface area contributed by atoms with Crippen LogP contribution in [0.4, 0.5) is 4.79 Å². The second kappa shape index (κ2) is 17.8. The Balaban J connectivity index is 1.11. The first-order valence-corrected chi connectivity index (χ1v) is 22.4. The van der Waals surface area contributed by atoms with Gasteiger partial charge in [0, 0.05) is 31.0 Å². The monoisotopic (exact) mass is 822 g/mol. The maximum Gasteiger partial charge on any atom is 0.408 e. The van der Waals surface area contributed by atoms with Crippen LogP contribution in [0.5, 0.6) is 0 Å². The van der Waals surface area contributed by atoms with Gasteiger partial charge in [0.15, 0.2) is 0 Å². The molecule has 12 nitrogen and oxygen atoms in total. The van der Waals surface area contributed by atoms with Crippen LogP contribution in [0.15, 0.2) is 87.1 Å². The highest BCUT2D eigenvalue weighted by atomic mass is 32.1. The topological polar surface area (TPSA) is 152 Å². The van der Waals surface area contributed by atoms with Crippen molar-refractivity contribution >= 4 is 46.5 Å². The SMILES string of the molecule is O=C(N[C@@H]1CCCCC/C=C\C2C[C@]2(C(=O)NCCc2ccccc2)NC(=O)[C@@H]2C[C@H](n3ncc(-c4ccsc4)c(-c4ccsc4)c3=O)CN2C1=O)OC1CCCC1. The molecule has 4 aliphatic rings. The van der Waals surface area contributed by atoms with Gasteiger partial charge in [0.1, 0.15) is 23.7 Å². The first-order valence-electron chi connectivity index (χ1n) is 20.6. The van der Waals surface area contributed by atoms with E-state index in [4.69, 9.17) is 4.74 Å². The van der Waals surface area contributed by atoms with E-state index in [-0.39, 0.29) is 36.5 Å². The van der Waals surface area contributed by atoms with E-state index >= 15 is 0 Å². The van der Waals surface area contributed by atoms with E-state index in [1.54, 1.807) is 6.20 Å². The van der Waals surface area contributed by atoms with E-state index in [1.807, 2.05) is 70.1 Å². The fraction of sp³-hybridized carbons (Fsp3) is 0.455. The number of carbonyl (C=O) groups is 4. The third kappa shape index (κ3) is 8.68.